The van der Waals surface area contributed by atoms with Crippen LogP contribution in [0.3, 0.4) is 0 Å². The first-order chi connectivity index (χ1) is 8.21. The molecule has 0 aliphatic heterocycles. The molecule has 0 aliphatic carbocycles. The molecule has 1 rings (SSSR count). The van der Waals surface area contributed by atoms with E-state index < -0.39 is 0 Å². The van der Waals surface area contributed by atoms with Crippen molar-refractivity contribution in [2.75, 3.05) is 20.8 Å². The van der Waals surface area contributed by atoms with Crippen LogP contribution in [0.2, 0.25) is 0 Å². The largest absolute Gasteiger partial charge is 0.493 e. The lowest BCUT2D eigenvalue weighted by atomic mass is 10.2. The van der Waals surface area contributed by atoms with Gasteiger partial charge in [0.2, 0.25) is 0 Å². The molecule has 4 heteroatoms. The van der Waals surface area contributed by atoms with Gasteiger partial charge in [0.25, 0.3) is 0 Å². The smallest absolute Gasteiger partial charge is 0.161 e. The van der Waals surface area contributed by atoms with Gasteiger partial charge in [-0.3, -0.25) is 0 Å². The lowest BCUT2D eigenvalue weighted by molar-refractivity contribution is 0.107. The Morgan fingerprint density at radius 2 is 1.88 bits per heavy atom. The maximum atomic E-state index is 5.77. The van der Waals surface area contributed by atoms with E-state index in [0.29, 0.717) is 19.0 Å². The number of hydrogen-bond acceptors (Lipinski definition) is 4. The number of nitrogens with two attached hydrogens (primary N) is 1. The van der Waals surface area contributed by atoms with Crippen LogP contribution in [0.1, 0.15) is 18.9 Å². The van der Waals surface area contributed by atoms with Crippen LogP contribution in [0, 0.1) is 0 Å². The second kappa shape index (κ2) is 7.14. The Balaban J connectivity index is 2.54. The summed E-state index contributed by atoms with van der Waals surface area (Å²) in [5, 5.41) is 0. The van der Waals surface area contributed by atoms with E-state index in [1.165, 1.54) is 0 Å². The predicted molar refractivity (Wildman–Crippen MR) is 67.5 cm³/mol. The summed E-state index contributed by atoms with van der Waals surface area (Å²) in [6.07, 6.45) is 0.923. The molecule has 0 bridgehead atoms. The second-order valence-electron chi connectivity index (χ2n) is 3.87. The minimum Gasteiger partial charge on any atom is -0.493 e. The van der Waals surface area contributed by atoms with Crippen molar-refractivity contribution in [1.82, 2.24) is 0 Å². The summed E-state index contributed by atoms with van der Waals surface area (Å²) >= 11 is 0. The Labute approximate surface area is 103 Å². The van der Waals surface area contributed by atoms with Crippen LogP contribution in [0.15, 0.2) is 18.2 Å². The van der Waals surface area contributed by atoms with E-state index in [4.69, 9.17) is 19.9 Å². The molecular weight excluding hydrogens is 218 g/mol. The molecule has 4 nitrogen and oxygen atoms in total. The Morgan fingerprint density at radius 1 is 1.18 bits per heavy atom. The van der Waals surface area contributed by atoms with Gasteiger partial charge in [0.15, 0.2) is 11.5 Å². The van der Waals surface area contributed by atoms with Crippen LogP contribution < -0.4 is 15.2 Å². The standard InChI is InChI=1S/C13H21NO3/c1-4-11(14)9-17-8-10-5-6-12(15-2)13(7-10)16-3/h5-7,11H,4,8-9,14H2,1-3H3. The lowest BCUT2D eigenvalue weighted by Gasteiger charge is -2.12. The van der Waals surface area contributed by atoms with Gasteiger partial charge in [0.05, 0.1) is 27.4 Å². The third-order valence-electron chi connectivity index (χ3n) is 2.57. The van der Waals surface area contributed by atoms with E-state index in [2.05, 4.69) is 0 Å². The molecule has 1 aromatic rings. The molecule has 1 unspecified atom stereocenters. The molecule has 2 N–H and O–H groups in total. The highest BCUT2D eigenvalue weighted by Gasteiger charge is 2.05. The molecule has 0 aromatic heterocycles. The number of rotatable bonds is 7. The summed E-state index contributed by atoms with van der Waals surface area (Å²) < 4.78 is 15.9. The SMILES string of the molecule is CCC(N)COCc1ccc(OC)c(OC)c1. The molecule has 0 saturated heterocycles. The Kier molecular flexibility index (Phi) is 5.80. The molecule has 1 aromatic carbocycles. The zero-order chi connectivity index (χ0) is 12.7. The summed E-state index contributed by atoms with van der Waals surface area (Å²) in [4.78, 5) is 0. The molecule has 1 atom stereocenters. The van der Waals surface area contributed by atoms with Crippen LogP contribution in [0.5, 0.6) is 11.5 Å². The van der Waals surface area contributed by atoms with Crippen molar-refractivity contribution in [2.45, 2.75) is 26.0 Å². The molecule has 0 saturated carbocycles. The third kappa shape index (κ3) is 4.24. The van der Waals surface area contributed by atoms with Gasteiger partial charge in [-0.15, -0.1) is 0 Å². The van der Waals surface area contributed by atoms with Crippen LogP contribution in [0.4, 0.5) is 0 Å². The summed E-state index contributed by atoms with van der Waals surface area (Å²) in [5.41, 5.74) is 6.82. The molecule has 96 valence electrons. The first-order valence-electron chi connectivity index (χ1n) is 5.75. The molecular formula is C13H21NO3. The fourth-order valence-corrected chi connectivity index (χ4v) is 1.42. The predicted octanol–water partition coefficient (Wildman–Crippen LogP) is 1.96. The van der Waals surface area contributed by atoms with Gasteiger partial charge in [0, 0.05) is 6.04 Å². The lowest BCUT2D eigenvalue weighted by Crippen LogP contribution is -2.24. The van der Waals surface area contributed by atoms with Gasteiger partial charge < -0.3 is 19.9 Å². The van der Waals surface area contributed by atoms with Gasteiger partial charge in [-0.05, 0) is 24.1 Å². The van der Waals surface area contributed by atoms with Crippen LogP contribution in [-0.4, -0.2) is 26.9 Å². The topological polar surface area (TPSA) is 53.7 Å². The monoisotopic (exact) mass is 239 g/mol. The quantitative estimate of drug-likeness (QED) is 0.790. The van der Waals surface area contributed by atoms with E-state index in [9.17, 15) is 0 Å². The highest BCUT2D eigenvalue weighted by atomic mass is 16.5. The maximum absolute atomic E-state index is 5.77. The summed E-state index contributed by atoms with van der Waals surface area (Å²) in [6, 6.07) is 5.85. The molecule has 0 radical (unpaired) electrons. The second-order valence-corrected chi connectivity index (χ2v) is 3.87. The van der Waals surface area contributed by atoms with E-state index in [-0.39, 0.29) is 6.04 Å². The number of hydrogen-bond donors (Lipinski definition) is 1. The van der Waals surface area contributed by atoms with Gasteiger partial charge >= 0.3 is 0 Å². The minimum absolute atomic E-state index is 0.107. The summed E-state index contributed by atoms with van der Waals surface area (Å²) in [5.74, 6) is 1.44. The van der Waals surface area contributed by atoms with E-state index in [0.717, 1.165) is 17.7 Å². The third-order valence-corrected chi connectivity index (χ3v) is 2.57. The first-order valence-corrected chi connectivity index (χ1v) is 5.75. The highest BCUT2D eigenvalue weighted by Crippen LogP contribution is 2.27. The van der Waals surface area contributed by atoms with Crippen molar-refractivity contribution < 1.29 is 14.2 Å². The summed E-state index contributed by atoms with van der Waals surface area (Å²) in [7, 11) is 3.24. The average Bonchev–Trinajstić information content (AvgIpc) is 2.38. The first kappa shape index (κ1) is 13.8. The van der Waals surface area contributed by atoms with Crippen molar-refractivity contribution in [3.05, 3.63) is 23.8 Å². The number of ether oxygens (including phenoxy) is 3. The van der Waals surface area contributed by atoms with Gasteiger partial charge in [-0.1, -0.05) is 13.0 Å². The molecule has 0 fully saturated rings. The molecule has 0 heterocycles. The Bertz CT molecular complexity index is 341. The number of benzene rings is 1. The van der Waals surface area contributed by atoms with Gasteiger partial charge in [0.1, 0.15) is 0 Å². The minimum atomic E-state index is 0.107. The highest BCUT2D eigenvalue weighted by molar-refractivity contribution is 5.42. The zero-order valence-electron chi connectivity index (χ0n) is 10.7. The molecule has 0 aliphatic rings. The average molecular weight is 239 g/mol. The Hall–Kier alpha value is -1.26. The normalized spacial score (nSPS) is 12.2. The van der Waals surface area contributed by atoms with Crippen molar-refractivity contribution in [3.63, 3.8) is 0 Å². The van der Waals surface area contributed by atoms with E-state index >= 15 is 0 Å². The van der Waals surface area contributed by atoms with Crippen LogP contribution >= 0.6 is 0 Å². The molecule has 0 spiro atoms. The van der Waals surface area contributed by atoms with Crippen molar-refractivity contribution >= 4 is 0 Å². The van der Waals surface area contributed by atoms with Gasteiger partial charge in [-0.2, -0.15) is 0 Å². The van der Waals surface area contributed by atoms with Crippen molar-refractivity contribution in [1.29, 1.82) is 0 Å². The van der Waals surface area contributed by atoms with E-state index in [1.807, 2.05) is 25.1 Å². The van der Waals surface area contributed by atoms with Crippen LogP contribution in [-0.2, 0) is 11.3 Å². The maximum Gasteiger partial charge on any atom is 0.161 e. The summed E-state index contributed by atoms with van der Waals surface area (Å²) in [6.45, 7) is 3.16. The fraction of sp³-hybridized carbons (Fsp3) is 0.538. The van der Waals surface area contributed by atoms with Crippen molar-refractivity contribution in [3.8, 4) is 11.5 Å². The van der Waals surface area contributed by atoms with Crippen molar-refractivity contribution in [2.24, 2.45) is 5.73 Å². The molecule has 17 heavy (non-hydrogen) atoms. The Morgan fingerprint density at radius 3 is 2.47 bits per heavy atom. The van der Waals surface area contributed by atoms with E-state index in [1.54, 1.807) is 14.2 Å². The molecule has 0 amide bonds. The zero-order valence-corrected chi connectivity index (χ0v) is 10.7. The number of methoxy groups -OCH3 is 2. The van der Waals surface area contributed by atoms with Gasteiger partial charge in [-0.25, -0.2) is 0 Å². The van der Waals surface area contributed by atoms with Crippen LogP contribution in [0.25, 0.3) is 0 Å². The fourth-order valence-electron chi connectivity index (χ4n) is 1.42.